The summed E-state index contributed by atoms with van der Waals surface area (Å²) in [5.74, 6) is 0.956. The molecule has 0 unspecified atom stereocenters. The fourth-order valence-corrected chi connectivity index (χ4v) is 3.35. The second kappa shape index (κ2) is 10.1. The standard InChI is InChI=1S/C23H24N2O5S/c1-17(19-7-13-22(14-8-19)31(24,27)28)25-23(26)16-30-21-11-9-20(10-12-21)29-15-18-5-3-2-4-6-18/h2-14,17H,15-16H2,1H3,(H,25,26)(H2,24,27,28)/t17-/m1/s1. The number of nitrogens with one attached hydrogen (secondary N) is 1. The van der Waals surface area contributed by atoms with E-state index in [4.69, 9.17) is 14.6 Å². The average Bonchev–Trinajstić information content (AvgIpc) is 2.77. The van der Waals surface area contributed by atoms with E-state index >= 15 is 0 Å². The Kier molecular flexibility index (Phi) is 7.28. The van der Waals surface area contributed by atoms with E-state index in [9.17, 15) is 13.2 Å². The van der Waals surface area contributed by atoms with Crippen LogP contribution in [0.2, 0.25) is 0 Å². The molecule has 7 nitrogen and oxygen atoms in total. The van der Waals surface area contributed by atoms with Gasteiger partial charge in [-0.05, 0) is 54.4 Å². The van der Waals surface area contributed by atoms with Crippen LogP contribution in [0.15, 0.2) is 83.8 Å². The van der Waals surface area contributed by atoms with Gasteiger partial charge in [-0.25, -0.2) is 13.6 Å². The molecule has 0 aliphatic carbocycles. The fraction of sp³-hybridized carbons (Fsp3) is 0.174. The molecule has 0 spiro atoms. The number of nitrogens with two attached hydrogens (primary N) is 1. The van der Waals surface area contributed by atoms with Crippen molar-refractivity contribution < 1.29 is 22.7 Å². The number of carbonyl (C=O) groups excluding carboxylic acids is 1. The van der Waals surface area contributed by atoms with Crippen molar-refractivity contribution >= 4 is 15.9 Å². The van der Waals surface area contributed by atoms with Gasteiger partial charge in [-0.1, -0.05) is 42.5 Å². The number of benzene rings is 3. The van der Waals surface area contributed by atoms with E-state index in [1.807, 2.05) is 30.3 Å². The first-order valence-electron chi connectivity index (χ1n) is 9.63. The number of amides is 1. The second-order valence-electron chi connectivity index (χ2n) is 6.94. The zero-order valence-corrected chi connectivity index (χ0v) is 17.8. The highest BCUT2D eigenvalue weighted by molar-refractivity contribution is 7.89. The molecule has 3 aromatic carbocycles. The molecule has 3 N–H and O–H groups in total. The van der Waals surface area contributed by atoms with Crippen molar-refractivity contribution in [3.8, 4) is 11.5 Å². The van der Waals surface area contributed by atoms with Crippen LogP contribution in [0, 0.1) is 0 Å². The van der Waals surface area contributed by atoms with Crippen molar-refractivity contribution in [3.63, 3.8) is 0 Å². The molecule has 8 heteroatoms. The van der Waals surface area contributed by atoms with Crippen LogP contribution in [0.1, 0.15) is 24.1 Å². The highest BCUT2D eigenvalue weighted by atomic mass is 32.2. The van der Waals surface area contributed by atoms with Crippen LogP contribution in [-0.4, -0.2) is 20.9 Å². The number of ether oxygens (including phenoxy) is 2. The van der Waals surface area contributed by atoms with Gasteiger partial charge in [0.2, 0.25) is 10.0 Å². The molecule has 3 rings (SSSR count). The number of hydrogen-bond acceptors (Lipinski definition) is 5. The van der Waals surface area contributed by atoms with Crippen LogP contribution in [0.3, 0.4) is 0 Å². The third-order valence-electron chi connectivity index (χ3n) is 4.53. The normalized spacial score (nSPS) is 12.1. The molecular weight excluding hydrogens is 416 g/mol. The smallest absolute Gasteiger partial charge is 0.258 e. The quantitative estimate of drug-likeness (QED) is 0.531. The number of rotatable bonds is 9. The van der Waals surface area contributed by atoms with E-state index in [0.717, 1.165) is 11.1 Å². The zero-order valence-electron chi connectivity index (χ0n) is 17.0. The van der Waals surface area contributed by atoms with Crippen molar-refractivity contribution in [1.29, 1.82) is 0 Å². The van der Waals surface area contributed by atoms with Crippen LogP contribution in [0.4, 0.5) is 0 Å². The highest BCUT2D eigenvalue weighted by Crippen LogP contribution is 2.19. The Balaban J connectivity index is 1.45. The van der Waals surface area contributed by atoms with Crippen LogP contribution in [0.25, 0.3) is 0 Å². The molecular formula is C23H24N2O5S. The molecule has 0 aliphatic rings. The molecule has 0 fully saturated rings. The number of primary sulfonamides is 1. The molecule has 1 amide bonds. The summed E-state index contributed by atoms with van der Waals surface area (Å²) in [6.45, 7) is 2.12. The van der Waals surface area contributed by atoms with Crippen molar-refractivity contribution in [2.45, 2.75) is 24.5 Å². The SMILES string of the molecule is C[C@@H](NC(=O)COc1ccc(OCc2ccccc2)cc1)c1ccc(S(N)(=O)=O)cc1. The average molecular weight is 441 g/mol. The van der Waals surface area contributed by atoms with E-state index in [1.54, 1.807) is 43.3 Å². The summed E-state index contributed by atoms with van der Waals surface area (Å²) in [7, 11) is -3.74. The Morgan fingerprint density at radius 3 is 2.06 bits per heavy atom. The van der Waals surface area contributed by atoms with E-state index in [1.165, 1.54) is 12.1 Å². The Bertz CT molecular complexity index is 1100. The molecule has 0 aromatic heterocycles. The van der Waals surface area contributed by atoms with Crippen LogP contribution >= 0.6 is 0 Å². The Hall–Kier alpha value is -3.36. The summed E-state index contributed by atoms with van der Waals surface area (Å²) in [6, 6.07) is 22.6. The summed E-state index contributed by atoms with van der Waals surface area (Å²) in [5, 5.41) is 7.89. The maximum atomic E-state index is 12.2. The molecule has 31 heavy (non-hydrogen) atoms. The number of sulfonamides is 1. The van der Waals surface area contributed by atoms with Crippen LogP contribution in [-0.2, 0) is 21.4 Å². The van der Waals surface area contributed by atoms with E-state index < -0.39 is 10.0 Å². The summed E-state index contributed by atoms with van der Waals surface area (Å²) >= 11 is 0. The van der Waals surface area contributed by atoms with Gasteiger partial charge in [0, 0.05) is 0 Å². The molecule has 162 valence electrons. The van der Waals surface area contributed by atoms with Crippen LogP contribution in [0.5, 0.6) is 11.5 Å². The summed E-state index contributed by atoms with van der Waals surface area (Å²) < 4.78 is 33.9. The maximum Gasteiger partial charge on any atom is 0.258 e. The van der Waals surface area contributed by atoms with Crippen molar-refractivity contribution in [2.75, 3.05) is 6.61 Å². The molecule has 3 aromatic rings. The Labute approximate surface area is 181 Å². The van der Waals surface area contributed by atoms with E-state index in [2.05, 4.69) is 5.32 Å². The second-order valence-corrected chi connectivity index (χ2v) is 8.50. The lowest BCUT2D eigenvalue weighted by atomic mass is 10.1. The monoisotopic (exact) mass is 440 g/mol. The molecule has 0 heterocycles. The first kappa shape index (κ1) is 22.3. The van der Waals surface area contributed by atoms with Crippen molar-refractivity contribution in [1.82, 2.24) is 5.32 Å². The van der Waals surface area contributed by atoms with E-state index in [0.29, 0.717) is 18.1 Å². The lowest BCUT2D eigenvalue weighted by Gasteiger charge is -2.15. The molecule has 0 saturated heterocycles. The minimum Gasteiger partial charge on any atom is -0.489 e. The van der Waals surface area contributed by atoms with Gasteiger partial charge in [-0.2, -0.15) is 0 Å². The highest BCUT2D eigenvalue weighted by Gasteiger charge is 2.12. The van der Waals surface area contributed by atoms with Gasteiger partial charge in [0.25, 0.3) is 5.91 Å². The first-order valence-corrected chi connectivity index (χ1v) is 11.2. The topological polar surface area (TPSA) is 108 Å². The minimum atomic E-state index is -3.74. The first-order chi connectivity index (χ1) is 14.8. The van der Waals surface area contributed by atoms with Crippen molar-refractivity contribution in [3.05, 3.63) is 90.0 Å². The number of hydrogen-bond donors (Lipinski definition) is 2. The van der Waals surface area contributed by atoms with Gasteiger partial charge >= 0.3 is 0 Å². The molecule has 1 atom stereocenters. The van der Waals surface area contributed by atoms with Crippen molar-refractivity contribution in [2.24, 2.45) is 5.14 Å². The van der Waals surface area contributed by atoms with Gasteiger partial charge in [-0.15, -0.1) is 0 Å². The summed E-state index contributed by atoms with van der Waals surface area (Å²) in [5.41, 5.74) is 1.83. The van der Waals surface area contributed by atoms with Gasteiger partial charge in [0.15, 0.2) is 6.61 Å². The molecule has 0 bridgehead atoms. The summed E-state index contributed by atoms with van der Waals surface area (Å²) in [6.07, 6.45) is 0. The lowest BCUT2D eigenvalue weighted by Crippen LogP contribution is -2.31. The van der Waals surface area contributed by atoms with Crippen LogP contribution < -0.4 is 19.9 Å². The largest absolute Gasteiger partial charge is 0.489 e. The van der Waals surface area contributed by atoms with Gasteiger partial charge in [0.1, 0.15) is 18.1 Å². The van der Waals surface area contributed by atoms with Gasteiger partial charge in [-0.3, -0.25) is 4.79 Å². The maximum absolute atomic E-state index is 12.2. The molecule has 0 aliphatic heterocycles. The third kappa shape index (κ3) is 6.84. The summed E-state index contributed by atoms with van der Waals surface area (Å²) in [4.78, 5) is 12.2. The number of carbonyl (C=O) groups is 1. The lowest BCUT2D eigenvalue weighted by molar-refractivity contribution is -0.123. The fourth-order valence-electron chi connectivity index (χ4n) is 2.83. The van der Waals surface area contributed by atoms with Gasteiger partial charge < -0.3 is 14.8 Å². The third-order valence-corrected chi connectivity index (χ3v) is 5.46. The Morgan fingerprint density at radius 2 is 1.48 bits per heavy atom. The van der Waals surface area contributed by atoms with E-state index in [-0.39, 0.29) is 23.5 Å². The predicted molar refractivity (Wildman–Crippen MR) is 117 cm³/mol. The molecule has 0 saturated carbocycles. The zero-order chi connectivity index (χ0) is 22.3. The molecule has 0 radical (unpaired) electrons. The van der Waals surface area contributed by atoms with Gasteiger partial charge in [0.05, 0.1) is 10.9 Å². The minimum absolute atomic E-state index is 0.0225. The Morgan fingerprint density at radius 1 is 0.903 bits per heavy atom. The predicted octanol–water partition coefficient (Wildman–Crippen LogP) is 3.17.